The number of hydrogen-bond donors (Lipinski definition) is 0. The normalized spacial score (nSPS) is 12.1. The van der Waals surface area contributed by atoms with E-state index < -0.39 is 0 Å². The molecule has 1 atom stereocenters. The van der Waals surface area contributed by atoms with Crippen LogP contribution in [0.15, 0.2) is 78.9 Å². The molecule has 0 N–H and O–H groups in total. The zero-order chi connectivity index (χ0) is 32.8. The van der Waals surface area contributed by atoms with E-state index >= 15 is 0 Å². The van der Waals surface area contributed by atoms with Crippen molar-refractivity contribution < 1.29 is 0 Å². The Balaban J connectivity index is 0.000000383. The van der Waals surface area contributed by atoms with Crippen LogP contribution < -0.4 is 0 Å². The van der Waals surface area contributed by atoms with Gasteiger partial charge in [-0.2, -0.15) is 0 Å². The molecular formula is C43H66. The summed E-state index contributed by atoms with van der Waals surface area (Å²) in [7, 11) is 0. The first-order valence-corrected chi connectivity index (χ1v) is 16.8. The highest BCUT2D eigenvalue weighted by Crippen LogP contribution is 2.31. The molecule has 0 spiro atoms. The minimum atomic E-state index is 0.339. The van der Waals surface area contributed by atoms with E-state index in [0.29, 0.717) is 22.7 Å². The molecule has 0 heterocycles. The maximum Gasteiger partial charge on any atom is -0.00255 e. The summed E-state index contributed by atoms with van der Waals surface area (Å²) in [6.07, 6.45) is 7.03. The van der Waals surface area contributed by atoms with Crippen molar-refractivity contribution in [3.63, 3.8) is 0 Å². The molecule has 0 bridgehead atoms. The van der Waals surface area contributed by atoms with Crippen molar-refractivity contribution in [2.24, 2.45) is 22.7 Å². The third-order valence-electron chi connectivity index (χ3n) is 9.13. The molecule has 0 aliphatic rings. The van der Waals surface area contributed by atoms with Gasteiger partial charge in [-0.3, -0.25) is 0 Å². The van der Waals surface area contributed by atoms with Crippen LogP contribution in [-0.4, -0.2) is 0 Å². The topological polar surface area (TPSA) is 0 Å². The van der Waals surface area contributed by atoms with Gasteiger partial charge in [0.15, 0.2) is 0 Å². The zero-order valence-corrected chi connectivity index (χ0v) is 30.5. The quantitative estimate of drug-likeness (QED) is 0.209. The largest absolute Gasteiger partial charge is 0.0996 e. The van der Waals surface area contributed by atoms with Crippen LogP contribution in [0.2, 0.25) is 0 Å². The number of benzene rings is 3. The Morgan fingerprint density at radius 3 is 1.79 bits per heavy atom. The van der Waals surface area contributed by atoms with Crippen molar-refractivity contribution in [1.82, 2.24) is 0 Å². The Bertz CT molecular complexity index is 1220. The van der Waals surface area contributed by atoms with Crippen molar-refractivity contribution in [2.45, 2.75) is 129 Å². The lowest BCUT2D eigenvalue weighted by atomic mass is 9.76. The van der Waals surface area contributed by atoms with Crippen molar-refractivity contribution in [2.75, 3.05) is 0 Å². The molecule has 3 rings (SSSR count). The monoisotopic (exact) mass is 583 g/mol. The highest BCUT2D eigenvalue weighted by atomic mass is 14.3. The molecule has 0 fully saturated rings. The molecule has 0 aliphatic heterocycles. The summed E-state index contributed by atoms with van der Waals surface area (Å²) in [6, 6.07) is 24.4. The molecule has 1 unspecified atom stereocenters. The predicted molar refractivity (Wildman–Crippen MR) is 195 cm³/mol. The van der Waals surface area contributed by atoms with Crippen molar-refractivity contribution >= 4 is 0 Å². The lowest BCUT2D eigenvalue weighted by Crippen LogP contribution is -2.22. The molecule has 0 radical (unpaired) electrons. The van der Waals surface area contributed by atoms with E-state index in [2.05, 4.69) is 157 Å². The Morgan fingerprint density at radius 2 is 1.30 bits per heavy atom. The first kappa shape index (κ1) is 38.4. The standard InChI is InChI=1S/C23H32.C12H24.C8H10/c1-16(2)23(6,7)15-22-11-17(3)10-21(14-22)13-20-9-8-18(4)19(5)12-20;1-7-10(2)11(3)8-9-12(4,5)6;1-2-8-6-4-3-5-7-8/h8-12,14,16H,13,15H2,1-7H3;11H,2,7-9H2,1,3-6H3;3-7H,2H2,1H3. The SMILES string of the molecule is C=C(CC)C(C)CCC(C)(C)C.CCc1ccccc1.Cc1cc(Cc2ccc(C)c(C)c2)cc(CC(C)(C)C(C)C)c1. The summed E-state index contributed by atoms with van der Waals surface area (Å²) in [6.45, 7) is 33.6. The summed E-state index contributed by atoms with van der Waals surface area (Å²) < 4.78 is 0. The van der Waals surface area contributed by atoms with Gasteiger partial charge in [0.05, 0.1) is 0 Å². The van der Waals surface area contributed by atoms with Gasteiger partial charge in [0, 0.05) is 0 Å². The van der Waals surface area contributed by atoms with Crippen LogP contribution in [-0.2, 0) is 19.3 Å². The van der Waals surface area contributed by atoms with Gasteiger partial charge in [-0.05, 0) is 115 Å². The fourth-order valence-electron chi connectivity index (χ4n) is 4.95. The van der Waals surface area contributed by atoms with E-state index in [1.54, 1.807) is 0 Å². The second-order valence-electron chi connectivity index (χ2n) is 15.1. The van der Waals surface area contributed by atoms with Crippen LogP contribution in [0, 0.1) is 43.4 Å². The summed E-state index contributed by atoms with van der Waals surface area (Å²) in [4.78, 5) is 0. The maximum absolute atomic E-state index is 4.07. The van der Waals surface area contributed by atoms with Gasteiger partial charge in [-0.1, -0.05) is 154 Å². The van der Waals surface area contributed by atoms with E-state index in [4.69, 9.17) is 0 Å². The average molecular weight is 583 g/mol. The number of rotatable bonds is 10. The van der Waals surface area contributed by atoms with Gasteiger partial charge in [0.25, 0.3) is 0 Å². The Hall–Kier alpha value is -2.60. The lowest BCUT2D eigenvalue weighted by molar-refractivity contribution is 0.248. The molecule has 0 saturated carbocycles. The van der Waals surface area contributed by atoms with Crippen LogP contribution in [0.3, 0.4) is 0 Å². The minimum absolute atomic E-state index is 0.339. The third kappa shape index (κ3) is 15.6. The molecule has 0 nitrogen and oxygen atoms in total. The highest BCUT2D eigenvalue weighted by Gasteiger charge is 2.23. The number of hydrogen-bond acceptors (Lipinski definition) is 0. The average Bonchev–Trinajstić information content (AvgIpc) is 2.93. The molecule has 0 amide bonds. The molecule has 0 heteroatoms. The Labute approximate surface area is 268 Å². The molecule has 0 aliphatic carbocycles. The van der Waals surface area contributed by atoms with E-state index in [1.807, 2.05) is 6.07 Å². The summed E-state index contributed by atoms with van der Waals surface area (Å²) >= 11 is 0. The third-order valence-corrected chi connectivity index (χ3v) is 9.13. The minimum Gasteiger partial charge on any atom is -0.0996 e. The smallest absolute Gasteiger partial charge is 0.00255 e. The van der Waals surface area contributed by atoms with Crippen LogP contribution in [0.4, 0.5) is 0 Å². The number of aryl methyl sites for hydroxylation is 4. The van der Waals surface area contributed by atoms with Crippen molar-refractivity contribution in [3.8, 4) is 0 Å². The molecule has 238 valence electrons. The first-order chi connectivity index (χ1) is 20.0. The van der Waals surface area contributed by atoms with Crippen LogP contribution in [0.5, 0.6) is 0 Å². The van der Waals surface area contributed by atoms with Crippen LogP contribution in [0.25, 0.3) is 0 Å². The lowest BCUT2D eigenvalue weighted by Gasteiger charge is -2.29. The fraction of sp³-hybridized carbons (Fsp3) is 0.535. The molecule has 43 heavy (non-hydrogen) atoms. The molecule has 3 aromatic carbocycles. The van der Waals surface area contributed by atoms with E-state index in [-0.39, 0.29) is 0 Å². The van der Waals surface area contributed by atoms with E-state index in [9.17, 15) is 0 Å². The van der Waals surface area contributed by atoms with Gasteiger partial charge in [-0.15, -0.1) is 0 Å². The maximum atomic E-state index is 4.07. The molecule has 0 aromatic heterocycles. The summed E-state index contributed by atoms with van der Waals surface area (Å²) in [5.74, 6) is 1.39. The first-order valence-electron chi connectivity index (χ1n) is 16.8. The van der Waals surface area contributed by atoms with Crippen molar-refractivity contribution in [1.29, 1.82) is 0 Å². The van der Waals surface area contributed by atoms with Gasteiger partial charge in [-0.25, -0.2) is 0 Å². The van der Waals surface area contributed by atoms with Gasteiger partial charge in [0.2, 0.25) is 0 Å². The van der Waals surface area contributed by atoms with E-state index in [1.165, 1.54) is 57.4 Å². The van der Waals surface area contributed by atoms with Gasteiger partial charge in [0.1, 0.15) is 0 Å². The fourth-order valence-corrected chi connectivity index (χ4v) is 4.95. The van der Waals surface area contributed by atoms with E-state index in [0.717, 1.165) is 25.7 Å². The number of allylic oxidation sites excluding steroid dienone is 1. The predicted octanol–water partition coefficient (Wildman–Crippen LogP) is 13.1. The summed E-state index contributed by atoms with van der Waals surface area (Å²) in [5, 5.41) is 0. The Kier molecular flexibility index (Phi) is 16.3. The van der Waals surface area contributed by atoms with Gasteiger partial charge < -0.3 is 0 Å². The van der Waals surface area contributed by atoms with Crippen LogP contribution >= 0.6 is 0 Å². The van der Waals surface area contributed by atoms with Crippen molar-refractivity contribution in [3.05, 3.63) is 118 Å². The summed E-state index contributed by atoms with van der Waals surface area (Å²) in [5.41, 5.74) is 12.1. The molecule has 0 saturated heterocycles. The highest BCUT2D eigenvalue weighted by molar-refractivity contribution is 5.37. The zero-order valence-electron chi connectivity index (χ0n) is 30.5. The molecular weight excluding hydrogens is 516 g/mol. The Morgan fingerprint density at radius 1 is 0.698 bits per heavy atom. The second kappa shape index (κ2) is 18.3. The van der Waals surface area contributed by atoms with Gasteiger partial charge >= 0.3 is 0 Å². The molecule has 3 aromatic rings. The van der Waals surface area contributed by atoms with Crippen LogP contribution in [0.1, 0.15) is 127 Å². The second-order valence-corrected chi connectivity index (χ2v) is 15.1.